The van der Waals surface area contributed by atoms with Gasteiger partial charge in [0.15, 0.2) is 0 Å². The lowest BCUT2D eigenvalue weighted by atomic mass is 9.77. The molecular weight excluding hydrogens is 218 g/mol. The Morgan fingerprint density at radius 2 is 2.25 bits per heavy atom. The second-order valence-corrected chi connectivity index (χ2v) is 6.37. The van der Waals surface area contributed by atoms with Gasteiger partial charge in [-0.3, -0.25) is 4.21 Å². The molecule has 0 aromatic heterocycles. The maximum absolute atomic E-state index is 11.2. The number of rotatable bonds is 5. The van der Waals surface area contributed by atoms with Crippen LogP contribution in [0.25, 0.3) is 0 Å². The standard InChI is InChI=1S/C13H19NOS/c1-10(16(2)15)8-14-9-12-7-11-5-3-4-6-13(11)12/h3-6,10,12,14H,7-9H2,1-2H3. The van der Waals surface area contributed by atoms with Gasteiger partial charge in [-0.2, -0.15) is 0 Å². The Kier molecular flexibility index (Phi) is 3.77. The lowest BCUT2D eigenvalue weighted by Gasteiger charge is -2.30. The van der Waals surface area contributed by atoms with Crippen molar-refractivity contribution < 1.29 is 4.21 Å². The van der Waals surface area contributed by atoms with Gasteiger partial charge in [0.05, 0.1) is 0 Å². The Hall–Kier alpha value is -0.670. The molecular formula is C13H19NOS. The van der Waals surface area contributed by atoms with Crippen molar-refractivity contribution >= 4 is 10.8 Å². The van der Waals surface area contributed by atoms with E-state index in [0.29, 0.717) is 5.92 Å². The SMILES string of the molecule is CC(CNCC1Cc2ccccc21)S(C)=O. The van der Waals surface area contributed by atoms with Crippen LogP contribution in [0, 0.1) is 0 Å². The smallest absolute Gasteiger partial charge is 0.0441 e. The molecule has 3 unspecified atom stereocenters. The molecule has 2 rings (SSSR count). The van der Waals surface area contributed by atoms with E-state index in [4.69, 9.17) is 0 Å². The van der Waals surface area contributed by atoms with Crippen LogP contribution in [0.3, 0.4) is 0 Å². The van der Waals surface area contributed by atoms with Crippen LogP contribution >= 0.6 is 0 Å². The molecule has 1 N–H and O–H groups in total. The second kappa shape index (κ2) is 5.11. The third-order valence-electron chi connectivity index (χ3n) is 3.35. The van der Waals surface area contributed by atoms with Gasteiger partial charge in [0, 0.05) is 41.3 Å². The van der Waals surface area contributed by atoms with Gasteiger partial charge in [0.1, 0.15) is 0 Å². The summed E-state index contributed by atoms with van der Waals surface area (Å²) in [6.45, 7) is 3.89. The van der Waals surface area contributed by atoms with Crippen LogP contribution in [0.4, 0.5) is 0 Å². The number of hydrogen-bond acceptors (Lipinski definition) is 2. The van der Waals surface area contributed by atoms with Crippen molar-refractivity contribution in [3.05, 3.63) is 35.4 Å². The summed E-state index contributed by atoms with van der Waals surface area (Å²) in [5.74, 6) is 0.661. The van der Waals surface area contributed by atoms with Crippen LogP contribution < -0.4 is 5.32 Å². The summed E-state index contributed by atoms with van der Waals surface area (Å²) in [5.41, 5.74) is 2.97. The van der Waals surface area contributed by atoms with Crippen molar-refractivity contribution in [1.82, 2.24) is 5.32 Å². The minimum atomic E-state index is -0.717. The number of benzene rings is 1. The summed E-state index contributed by atoms with van der Waals surface area (Å²) < 4.78 is 11.2. The molecule has 0 heterocycles. The molecule has 3 atom stereocenters. The molecule has 0 fully saturated rings. The first-order valence-electron chi connectivity index (χ1n) is 5.79. The Morgan fingerprint density at radius 3 is 2.94 bits per heavy atom. The molecule has 0 saturated carbocycles. The van der Waals surface area contributed by atoms with E-state index in [1.165, 1.54) is 17.5 Å². The van der Waals surface area contributed by atoms with Gasteiger partial charge >= 0.3 is 0 Å². The normalized spacial score (nSPS) is 22.0. The van der Waals surface area contributed by atoms with Crippen molar-refractivity contribution in [2.45, 2.75) is 24.5 Å². The number of hydrogen-bond donors (Lipinski definition) is 1. The van der Waals surface area contributed by atoms with Crippen LogP contribution in [0.15, 0.2) is 24.3 Å². The first-order valence-corrected chi connectivity index (χ1v) is 7.41. The molecule has 0 bridgehead atoms. The predicted octanol–water partition coefficient (Wildman–Crippen LogP) is 1.68. The highest BCUT2D eigenvalue weighted by Gasteiger charge is 2.24. The molecule has 1 aliphatic rings. The van der Waals surface area contributed by atoms with Gasteiger partial charge in [-0.05, 0) is 24.5 Å². The minimum Gasteiger partial charge on any atom is -0.315 e. The van der Waals surface area contributed by atoms with Crippen molar-refractivity contribution in [3.8, 4) is 0 Å². The molecule has 0 radical (unpaired) electrons. The first kappa shape index (κ1) is 11.8. The maximum atomic E-state index is 11.2. The summed E-state index contributed by atoms with van der Waals surface area (Å²) in [7, 11) is -0.717. The highest BCUT2D eigenvalue weighted by Crippen LogP contribution is 2.33. The van der Waals surface area contributed by atoms with Crippen molar-refractivity contribution in [1.29, 1.82) is 0 Å². The van der Waals surface area contributed by atoms with Crippen LogP contribution in [0.5, 0.6) is 0 Å². The molecule has 0 saturated heterocycles. The van der Waals surface area contributed by atoms with Gasteiger partial charge in [0.2, 0.25) is 0 Å². The molecule has 1 aromatic carbocycles. The lowest BCUT2D eigenvalue weighted by Crippen LogP contribution is -2.34. The fourth-order valence-electron chi connectivity index (χ4n) is 2.12. The van der Waals surface area contributed by atoms with Crippen molar-refractivity contribution in [3.63, 3.8) is 0 Å². The Morgan fingerprint density at radius 1 is 1.50 bits per heavy atom. The second-order valence-electron chi connectivity index (χ2n) is 4.57. The number of fused-ring (bicyclic) bond motifs is 1. The minimum absolute atomic E-state index is 0.246. The van der Waals surface area contributed by atoms with E-state index >= 15 is 0 Å². The fourth-order valence-corrected chi connectivity index (χ4v) is 2.48. The zero-order chi connectivity index (χ0) is 11.5. The lowest BCUT2D eigenvalue weighted by molar-refractivity contribution is 0.535. The number of nitrogens with one attached hydrogen (secondary N) is 1. The van der Waals surface area contributed by atoms with Gasteiger partial charge in [-0.15, -0.1) is 0 Å². The molecule has 0 aliphatic heterocycles. The third kappa shape index (κ3) is 2.53. The van der Waals surface area contributed by atoms with E-state index in [-0.39, 0.29) is 5.25 Å². The van der Waals surface area contributed by atoms with Gasteiger partial charge in [0.25, 0.3) is 0 Å². The predicted molar refractivity (Wildman–Crippen MR) is 69.3 cm³/mol. The first-order chi connectivity index (χ1) is 7.68. The Balaban J connectivity index is 1.76. The van der Waals surface area contributed by atoms with Gasteiger partial charge in [-0.25, -0.2) is 0 Å². The van der Waals surface area contributed by atoms with Crippen molar-refractivity contribution in [2.75, 3.05) is 19.3 Å². The molecule has 2 nitrogen and oxygen atoms in total. The molecule has 88 valence electrons. The highest BCUT2D eigenvalue weighted by atomic mass is 32.2. The van der Waals surface area contributed by atoms with E-state index in [0.717, 1.165) is 13.1 Å². The van der Waals surface area contributed by atoms with E-state index in [1.807, 2.05) is 6.92 Å². The topological polar surface area (TPSA) is 29.1 Å². The van der Waals surface area contributed by atoms with E-state index in [2.05, 4.69) is 29.6 Å². The monoisotopic (exact) mass is 237 g/mol. The van der Waals surface area contributed by atoms with E-state index < -0.39 is 10.8 Å². The van der Waals surface area contributed by atoms with Gasteiger partial charge in [-0.1, -0.05) is 24.3 Å². The van der Waals surface area contributed by atoms with Crippen LogP contribution in [-0.4, -0.2) is 28.8 Å². The van der Waals surface area contributed by atoms with Crippen molar-refractivity contribution in [2.24, 2.45) is 0 Å². The summed E-state index contributed by atoms with van der Waals surface area (Å²) in [4.78, 5) is 0. The molecule has 0 amide bonds. The Bertz CT molecular complexity index is 391. The molecule has 1 aromatic rings. The zero-order valence-corrected chi connectivity index (χ0v) is 10.7. The van der Waals surface area contributed by atoms with E-state index in [1.54, 1.807) is 6.26 Å². The molecule has 3 heteroatoms. The van der Waals surface area contributed by atoms with Crippen LogP contribution in [0.2, 0.25) is 0 Å². The quantitative estimate of drug-likeness (QED) is 0.844. The molecule has 0 spiro atoms. The average molecular weight is 237 g/mol. The summed E-state index contributed by atoms with van der Waals surface area (Å²) in [6, 6.07) is 8.63. The average Bonchev–Trinajstić information content (AvgIpc) is 2.24. The molecule has 16 heavy (non-hydrogen) atoms. The fraction of sp³-hybridized carbons (Fsp3) is 0.538. The van der Waals surface area contributed by atoms with E-state index in [9.17, 15) is 4.21 Å². The largest absolute Gasteiger partial charge is 0.315 e. The highest BCUT2D eigenvalue weighted by molar-refractivity contribution is 7.84. The molecule has 1 aliphatic carbocycles. The van der Waals surface area contributed by atoms with Crippen LogP contribution in [0.1, 0.15) is 24.0 Å². The Labute approximate surface area is 99.9 Å². The summed E-state index contributed by atoms with van der Waals surface area (Å²) in [6.07, 6.45) is 2.96. The van der Waals surface area contributed by atoms with Gasteiger partial charge < -0.3 is 5.32 Å². The summed E-state index contributed by atoms with van der Waals surface area (Å²) in [5, 5.41) is 3.66. The third-order valence-corrected chi connectivity index (χ3v) is 4.65. The maximum Gasteiger partial charge on any atom is 0.0441 e. The van der Waals surface area contributed by atoms with Crippen LogP contribution in [-0.2, 0) is 17.2 Å². The summed E-state index contributed by atoms with van der Waals surface area (Å²) >= 11 is 0. The zero-order valence-electron chi connectivity index (χ0n) is 9.90.